The van der Waals surface area contributed by atoms with Gasteiger partial charge in [-0.25, -0.2) is 4.99 Å². The van der Waals surface area contributed by atoms with Crippen LogP contribution in [0.4, 0.5) is 0 Å². The molecule has 0 radical (unpaired) electrons. The summed E-state index contributed by atoms with van der Waals surface area (Å²) in [5, 5.41) is 5.76. The molecule has 0 aliphatic carbocycles. The van der Waals surface area contributed by atoms with Crippen LogP contribution in [-0.2, 0) is 0 Å². The monoisotopic (exact) mass is 173 g/mol. The minimum Gasteiger partial charge on any atom is -0.265 e. The van der Waals surface area contributed by atoms with Gasteiger partial charge in [0.15, 0.2) is 5.17 Å². The number of rotatable bonds is 0. The van der Waals surface area contributed by atoms with E-state index < -0.39 is 0 Å². The molecule has 0 fully saturated rings. The molecule has 3 nitrogen and oxygen atoms in total. The Hall–Kier alpha value is -0.830. The third kappa shape index (κ3) is 2.72. The zero-order chi connectivity index (χ0) is 8.85. The van der Waals surface area contributed by atoms with Gasteiger partial charge in [-0.1, -0.05) is 32.0 Å². The van der Waals surface area contributed by atoms with E-state index in [1.54, 1.807) is 12.1 Å². The minimum absolute atomic E-state index is 0.396. The first-order valence-electron chi connectivity index (χ1n) is 3.40. The van der Waals surface area contributed by atoms with E-state index in [0.29, 0.717) is 10.9 Å². The van der Waals surface area contributed by atoms with E-state index in [1.807, 2.05) is 13.8 Å². The maximum Gasteiger partial charge on any atom is 0.155 e. The smallest absolute Gasteiger partial charge is 0.155 e. The first kappa shape index (κ1) is 10.2. The molecule has 0 aromatic heterocycles. The highest BCUT2D eigenvalue weighted by Gasteiger charge is 2.07. The van der Waals surface area contributed by atoms with Crippen molar-refractivity contribution in [3.8, 4) is 0 Å². The Labute approximate surface area is 72.1 Å². The largest absolute Gasteiger partial charge is 0.265 e. The van der Waals surface area contributed by atoms with E-state index in [9.17, 15) is 0 Å². The molecule has 0 bridgehead atoms. The summed E-state index contributed by atoms with van der Waals surface area (Å²) in [6.07, 6.45) is 1.39. The molecule has 0 N–H and O–H groups in total. The lowest BCUT2D eigenvalue weighted by atomic mass is 10.5. The molecule has 1 aliphatic heterocycles. The van der Waals surface area contributed by atoms with Gasteiger partial charge in [0.05, 0.1) is 5.70 Å². The summed E-state index contributed by atoms with van der Waals surface area (Å²) < 4.78 is 0. The van der Waals surface area contributed by atoms with Gasteiger partial charge in [0.25, 0.3) is 0 Å². The van der Waals surface area contributed by atoms with Gasteiger partial charge in [0, 0.05) is 7.05 Å². The van der Waals surface area contributed by atoms with E-state index in [2.05, 4.69) is 16.7 Å². The first-order valence-corrected chi connectivity index (χ1v) is 3.78. The molecule has 62 valence electrons. The molecule has 0 atom stereocenters. The highest BCUT2D eigenvalue weighted by atomic mass is 35.5. The van der Waals surface area contributed by atoms with Crippen molar-refractivity contribution in [3.63, 3.8) is 0 Å². The fourth-order valence-corrected chi connectivity index (χ4v) is 0.598. The van der Waals surface area contributed by atoms with Crippen LogP contribution in [0.5, 0.6) is 0 Å². The predicted octanol–water partition coefficient (Wildman–Crippen LogP) is 2.05. The summed E-state index contributed by atoms with van der Waals surface area (Å²) >= 11 is 5.58. The second kappa shape index (κ2) is 4.91. The summed E-state index contributed by atoms with van der Waals surface area (Å²) in [6.45, 7) is 7.63. The molecule has 1 rings (SSSR count). The van der Waals surface area contributed by atoms with Crippen molar-refractivity contribution >= 4 is 23.1 Å². The Morgan fingerprint density at radius 1 is 1.55 bits per heavy atom. The number of nitrogens with zero attached hydrogens (tertiary/aromatic N) is 3. The highest BCUT2D eigenvalue weighted by Crippen LogP contribution is 2.08. The molecule has 1 heterocycles. The summed E-state index contributed by atoms with van der Waals surface area (Å²) in [5.41, 5.74) is 0.624. The molecule has 0 spiro atoms. The van der Waals surface area contributed by atoms with Gasteiger partial charge in [-0.05, 0) is 0 Å². The lowest BCUT2D eigenvalue weighted by Gasteiger charge is -2.15. The maximum absolute atomic E-state index is 5.58. The van der Waals surface area contributed by atoms with Gasteiger partial charge < -0.3 is 0 Å². The van der Waals surface area contributed by atoms with Crippen LogP contribution < -0.4 is 0 Å². The van der Waals surface area contributed by atoms with Crippen molar-refractivity contribution in [1.29, 1.82) is 0 Å². The number of allylic oxidation sites excluding steroid dienone is 1. The van der Waals surface area contributed by atoms with E-state index in [-0.39, 0.29) is 0 Å². The zero-order valence-electron chi connectivity index (χ0n) is 7.00. The van der Waals surface area contributed by atoms with Gasteiger partial charge in [-0.2, -0.15) is 5.10 Å². The number of aliphatic imine (C=N–C) groups is 1. The summed E-state index contributed by atoms with van der Waals surface area (Å²) in [7, 11) is 1.76. The van der Waals surface area contributed by atoms with E-state index >= 15 is 0 Å². The van der Waals surface area contributed by atoms with Gasteiger partial charge in [0.1, 0.15) is 6.34 Å². The third-order valence-corrected chi connectivity index (χ3v) is 1.34. The van der Waals surface area contributed by atoms with E-state index in [1.165, 1.54) is 6.34 Å². The molecule has 11 heavy (non-hydrogen) atoms. The SMILES string of the molecule is C=C1C(Cl)=NC=NN1C.CC. The molecule has 0 aromatic carbocycles. The normalized spacial score (nSPS) is 15.5. The fraction of sp³-hybridized carbons (Fsp3) is 0.429. The molecule has 0 saturated heterocycles. The molecule has 0 unspecified atom stereocenters. The molecular weight excluding hydrogens is 162 g/mol. The van der Waals surface area contributed by atoms with Crippen LogP contribution in [0, 0.1) is 0 Å². The van der Waals surface area contributed by atoms with Crippen molar-refractivity contribution in [3.05, 3.63) is 12.3 Å². The first-order chi connectivity index (χ1) is 5.22. The van der Waals surface area contributed by atoms with Crippen LogP contribution in [0.15, 0.2) is 22.4 Å². The van der Waals surface area contributed by atoms with Crippen molar-refractivity contribution in [1.82, 2.24) is 5.01 Å². The topological polar surface area (TPSA) is 28.0 Å². The third-order valence-electron chi connectivity index (χ3n) is 1.02. The van der Waals surface area contributed by atoms with Crippen LogP contribution in [-0.4, -0.2) is 23.6 Å². The van der Waals surface area contributed by atoms with Gasteiger partial charge in [-0.3, -0.25) is 5.01 Å². The second-order valence-electron chi connectivity index (χ2n) is 1.62. The maximum atomic E-state index is 5.58. The molecule has 1 aliphatic rings. The predicted molar refractivity (Wildman–Crippen MR) is 50.0 cm³/mol. The Balaban J connectivity index is 0.000000461. The van der Waals surface area contributed by atoms with Gasteiger partial charge in [-0.15, -0.1) is 0 Å². The molecule has 0 saturated carbocycles. The van der Waals surface area contributed by atoms with Gasteiger partial charge in [0.2, 0.25) is 0 Å². The summed E-state index contributed by atoms with van der Waals surface area (Å²) in [6, 6.07) is 0. The number of halogens is 1. The Kier molecular flexibility index (Phi) is 4.54. The average Bonchev–Trinajstić information content (AvgIpc) is 2.04. The summed E-state index contributed by atoms with van der Waals surface area (Å²) in [5.74, 6) is 0. The van der Waals surface area contributed by atoms with Gasteiger partial charge >= 0.3 is 0 Å². The standard InChI is InChI=1S/C5H6ClN3.C2H6/c1-4-5(6)7-3-8-9(4)2;1-2/h3H,1H2,2H3;1-2H3. The van der Waals surface area contributed by atoms with Crippen LogP contribution in [0.25, 0.3) is 0 Å². The van der Waals surface area contributed by atoms with Crippen LogP contribution >= 0.6 is 11.6 Å². The van der Waals surface area contributed by atoms with Crippen molar-refractivity contribution in [2.24, 2.45) is 10.1 Å². The fourth-order valence-electron chi connectivity index (χ4n) is 0.432. The quantitative estimate of drug-likeness (QED) is 0.551. The average molecular weight is 174 g/mol. The summed E-state index contributed by atoms with van der Waals surface area (Å²) in [4.78, 5) is 3.71. The number of hydrazone groups is 1. The Morgan fingerprint density at radius 2 is 2.09 bits per heavy atom. The van der Waals surface area contributed by atoms with Crippen molar-refractivity contribution in [2.75, 3.05) is 7.05 Å². The number of hydrogen-bond acceptors (Lipinski definition) is 3. The lowest BCUT2D eigenvalue weighted by Crippen LogP contribution is -2.17. The van der Waals surface area contributed by atoms with Crippen LogP contribution in [0.2, 0.25) is 0 Å². The van der Waals surface area contributed by atoms with Crippen molar-refractivity contribution in [2.45, 2.75) is 13.8 Å². The van der Waals surface area contributed by atoms with E-state index in [4.69, 9.17) is 11.6 Å². The molecule has 0 amide bonds. The lowest BCUT2D eigenvalue weighted by molar-refractivity contribution is 0.470. The Bertz CT molecular complexity index is 196. The second-order valence-corrected chi connectivity index (χ2v) is 1.98. The molecule has 4 heteroatoms. The Morgan fingerprint density at radius 3 is 2.45 bits per heavy atom. The minimum atomic E-state index is 0.396. The molecule has 0 aromatic rings. The van der Waals surface area contributed by atoms with Crippen LogP contribution in [0.1, 0.15) is 13.8 Å². The molecular formula is C7H12ClN3. The van der Waals surface area contributed by atoms with Crippen LogP contribution in [0.3, 0.4) is 0 Å². The zero-order valence-corrected chi connectivity index (χ0v) is 7.76. The number of hydrogen-bond donors (Lipinski definition) is 0. The highest BCUT2D eigenvalue weighted by molar-refractivity contribution is 6.70. The van der Waals surface area contributed by atoms with Crippen molar-refractivity contribution < 1.29 is 0 Å². The van der Waals surface area contributed by atoms with E-state index in [0.717, 1.165) is 0 Å².